The second-order valence-electron chi connectivity index (χ2n) is 13.3. The molecule has 1 fully saturated rings. The van der Waals surface area contributed by atoms with Gasteiger partial charge in [-0.25, -0.2) is 4.98 Å². The number of pyridine rings is 1. The summed E-state index contributed by atoms with van der Waals surface area (Å²) < 4.78 is 19.8. The highest BCUT2D eigenvalue weighted by Gasteiger charge is 2.33. The molecule has 8 nitrogen and oxygen atoms in total. The Hall–Kier alpha value is -5.84. The molecular formula is C46H39N3O5S. The molecular weight excluding hydrogens is 707 g/mol. The largest absolute Gasteiger partial charge is 0.431 e. The van der Waals surface area contributed by atoms with E-state index >= 15 is 0 Å². The van der Waals surface area contributed by atoms with E-state index < -0.39 is 6.29 Å². The van der Waals surface area contributed by atoms with Gasteiger partial charge in [0.1, 0.15) is 5.69 Å². The Morgan fingerprint density at radius 2 is 1.45 bits per heavy atom. The number of oxazole rings is 1. The van der Waals surface area contributed by atoms with E-state index in [-0.39, 0.29) is 24.7 Å². The summed E-state index contributed by atoms with van der Waals surface area (Å²) in [7, 11) is 0. The Bertz CT molecular complexity index is 2280. The maximum absolute atomic E-state index is 12.6. The Kier molecular flexibility index (Phi) is 11.2. The molecule has 8 rings (SSSR count). The third-order valence-electron chi connectivity index (χ3n) is 9.49. The predicted molar refractivity (Wildman–Crippen MR) is 214 cm³/mol. The SMILES string of the molecule is O=C(NCc1cccc(-c2cccc([C@H]3O[C@@H](CSc4nc(-c5ccccc5)c(-c5ccccc5)o4)C[C@@H](c4ccc(CO)cc4)O3)c2)c1)c1cccnc1. The van der Waals surface area contributed by atoms with Crippen LogP contribution >= 0.6 is 11.8 Å². The lowest BCUT2D eigenvalue weighted by molar-refractivity contribution is -0.245. The van der Waals surface area contributed by atoms with Gasteiger partial charge in [0.2, 0.25) is 0 Å². The molecule has 9 heteroatoms. The number of aliphatic hydroxyl groups excluding tert-OH is 1. The monoisotopic (exact) mass is 745 g/mol. The molecule has 274 valence electrons. The van der Waals surface area contributed by atoms with Crippen molar-refractivity contribution in [2.45, 2.75) is 43.3 Å². The summed E-state index contributed by atoms with van der Waals surface area (Å²) >= 11 is 1.53. The van der Waals surface area contributed by atoms with Crippen molar-refractivity contribution in [3.63, 3.8) is 0 Å². The second-order valence-corrected chi connectivity index (χ2v) is 14.3. The highest BCUT2D eigenvalue weighted by Crippen LogP contribution is 2.41. The molecule has 2 N–H and O–H groups in total. The highest BCUT2D eigenvalue weighted by molar-refractivity contribution is 7.99. The first-order chi connectivity index (χ1) is 27.1. The number of aliphatic hydroxyl groups is 1. The third-order valence-corrected chi connectivity index (χ3v) is 10.5. The molecule has 3 atom stereocenters. The predicted octanol–water partition coefficient (Wildman–Crippen LogP) is 9.83. The maximum atomic E-state index is 12.6. The Balaban J connectivity index is 1.03. The van der Waals surface area contributed by atoms with Gasteiger partial charge in [0, 0.05) is 47.8 Å². The smallest absolute Gasteiger partial charge is 0.256 e. The summed E-state index contributed by atoms with van der Waals surface area (Å²) in [6, 6.07) is 47.9. The van der Waals surface area contributed by atoms with Crippen LogP contribution in [-0.4, -0.2) is 32.8 Å². The second kappa shape index (κ2) is 17.1. The fraction of sp³-hybridized carbons (Fsp3) is 0.152. The van der Waals surface area contributed by atoms with Crippen LogP contribution in [0.5, 0.6) is 0 Å². The Morgan fingerprint density at radius 3 is 2.20 bits per heavy atom. The van der Waals surface area contributed by atoms with Crippen molar-refractivity contribution in [3.8, 4) is 33.7 Å². The summed E-state index contributed by atoms with van der Waals surface area (Å²) in [5.74, 6) is 1.16. The number of nitrogens with zero attached hydrogens (tertiary/aromatic N) is 2. The zero-order valence-electron chi connectivity index (χ0n) is 30.0. The molecule has 0 saturated carbocycles. The van der Waals surface area contributed by atoms with E-state index in [1.54, 1.807) is 24.5 Å². The van der Waals surface area contributed by atoms with E-state index in [1.165, 1.54) is 11.8 Å². The van der Waals surface area contributed by atoms with Crippen molar-refractivity contribution in [3.05, 3.63) is 186 Å². The van der Waals surface area contributed by atoms with E-state index in [0.29, 0.717) is 29.5 Å². The molecule has 1 amide bonds. The third kappa shape index (κ3) is 8.77. The topological polar surface area (TPSA) is 107 Å². The number of hydrogen-bond acceptors (Lipinski definition) is 8. The summed E-state index contributed by atoms with van der Waals surface area (Å²) in [6.07, 6.45) is 2.78. The zero-order valence-corrected chi connectivity index (χ0v) is 30.8. The Morgan fingerprint density at radius 1 is 0.727 bits per heavy atom. The number of carbonyl (C=O) groups excluding carboxylic acids is 1. The van der Waals surface area contributed by atoms with Crippen molar-refractivity contribution < 1.29 is 23.8 Å². The van der Waals surface area contributed by atoms with Gasteiger partial charge in [-0.2, -0.15) is 0 Å². The molecule has 2 aromatic heterocycles. The number of ether oxygens (including phenoxy) is 2. The van der Waals surface area contributed by atoms with E-state index in [2.05, 4.69) is 34.6 Å². The first-order valence-corrected chi connectivity index (χ1v) is 19.2. The molecule has 5 aromatic carbocycles. The van der Waals surface area contributed by atoms with Crippen LogP contribution in [0.1, 0.15) is 51.4 Å². The maximum Gasteiger partial charge on any atom is 0.256 e. The van der Waals surface area contributed by atoms with E-state index in [9.17, 15) is 9.90 Å². The van der Waals surface area contributed by atoms with Crippen LogP contribution in [0, 0.1) is 0 Å². The van der Waals surface area contributed by atoms with Crippen LogP contribution < -0.4 is 5.32 Å². The minimum atomic E-state index is -0.631. The van der Waals surface area contributed by atoms with Crippen LogP contribution in [-0.2, 0) is 22.6 Å². The van der Waals surface area contributed by atoms with Gasteiger partial charge in [0.05, 0.1) is 24.4 Å². The van der Waals surface area contributed by atoms with Gasteiger partial charge in [-0.15, -0.1) is 0 Å². The minimum absolute atomic E-state index is 0.0201. The molecule has 0 radical (unpaired) electrons. The standard InChI is InChI=1S/C46H39N3O5S/c50-29-31-19-21-33(22-20-31)41-26-40(30-55-46-49-42(34-11-3-1-4-12-34)43(54-46)35-13-5-2-6-14-35)52-45(53-41)38-17-8-16-37(25-38)36-15-7-10-32(24-36)27-48-44(51)39-18-9-23-47-28-39/h1-25,28,40-41,45,50H,26-27,29-30H2,(H,48,51)/t40-,41+,45+/m1/s1. The molecule has 0 aliphatic carbocycles. The lowest BCUT2D eigenvalue weighted by Gasteiger charge is -2.36. The van der Waals surface area contributed by atoms with Crippen LogP contribution in [0.25, 0.3) is 33.7 Å². The van der Waals surface area contributed by atoms with Crippen molar-refractivity contribution in [2.75, 3.05) is 5.75 Å². The molecule has 1 aliphatic rings. The number of benzene rings is 5. The fourth-order valence-electron chi connectivity index (χ4n) is 6.63. The molecule has 55 heavy (non-hydrogen) atoms. The normalized spacial score (nSPS) is 16.8. The first kappa shape index (κ1) is 36.2. The average Bonchev–Trinajstić information content (AvgIpc) is 3.70. The van der Waals surface area contributed by atoms with Gasteiger partial charge in [-0.05, 0) is 52.1 Å². The zero-order chi connectivity index (χ0) is 37.4. The van der Waals surface area contributed by atoms with Crippen LogP contribution in [0.3, 0.4) is 0 Å². The number of thioether (sulfide) groups is 1. The summed E-state index contributed by atoms with van der Waals surface area (Å²) in [4.78, 5) is 21.7. The fourth-order valence-corrected chi connectivity index (χ4v) is 7.47. The van der Waals surface area contributed by atoms with E-state index in [1.807, 2.05) is 109 Å². The molecule has 0 bridgehead atoms. The number of rotatable bonds is 12. The molecule has 1 saturated heterocycles. The first-order valence-electron chi connectivity index (χ1n) is 18.2. The lowest BCUT2D eigenvalue weighted by Crippen LogP contribution is -2.31. The summed E-state index contributed by atoms with van der Waals surface area (Å²) in [6.45, 7) is 0.365. The van der Waals surface area contributed by atoms with Gasteiger partial charge in [0.15, 0.2) is 12.1 Å². The van der Waals surface area contributed by atoms with E-state index in [4.69, 9.17) is 18.9 Å². The lowest BCUT2D eigenvalue weighted by atomic mass is 9.99. The van der Waals surface area contributed by atoms with Gasteiger partial charge < -0.3 is 24.3 Å². The van der Waals surface area contributed by atoms with Crippen molar-refractivity contribution >= 4 is 17.7 Å². The quantitative estimate of drug-likeness (QED) is 0.119. The minimum Gasteiger partial charge on any atom is -0.431 e. The van der Waals surface area contributed by atoms with Gasteiger partial charge >= 0.3 is 0 Å². The van der Waals surface area contributed by atoms with Crippen LogP contribution in [0.15, 0.2) is 168 Å². The number of aromatic nitrogens is 2. The van der Waals surface area contributed by atoms with Crippen molar-refractivity contribution in [1.29, 1.82) is 0 Å². The van der Waals surface area contributed by atoms with Gasteiger partial charge in [-0.3, -0.25) is 9.78 Å². The molecule has 0 unspecified atom stereocenters. The number of amides is 1. The number of nitrogens with one attached hydrogen (secondary N) is 1. The molecule has 1 aliphatic heterocycles. The van der Waals surface area contributed by atoms with E-state index in [0.717, 1.165) is 56.0 Å². The number of hydrogen-bond donors (Lipinski definition) is 2. The average molecular weight is 746 g/mol. The van der Waals surface area contributed by atoms with Gasteiger partial charge in [-0.1, -0.05) is 133 Å². The van der Waals surface area contributed by atoms with Crippen LogP contribution in [0.2, 0.25) is 0 Å². The Labute approximate surface area is 324 Å². The summed E-state index contributed by atoms with van der Waals surface area (Å²) in [5, 5.41) is 13.2. The summed E-state index contributed by atoms with van der Waals surface area (Å²) in [5.41, 5.74) is 9.05. The molecule has 3 heterocycles. The van der Waals surface area contributed by atoms with Crippen molar-refractivity contribution in [2.24, 2.45) is 0 Å². The molecule has 7 aromatic rings. The highest BCUT2D eigenvalue weighted by atomic mass is 32.2. The van der Waals surface area contributed by atoms with Gasteiger partial charge in [0.25, 0.3) is 11.1 Å². The number of carbonyl (C=O) groups is 1. The van der Waals surface area contributed by atoms with Crippen LogP contribution in [0.4, 0.5) is 0 Å². The van der Waals surface area contributed by atoms with Crippen molar-refractivity contribution in [1.82, 2.24) is 15.3 Å². The molecule has 0 spiro atoms.